The number of aromatic nitrogens is 6. The summed E-state index contributed by atoms with van der Waals surface area (Å²) >= 11 is 0. The van der Waals surface area contributed by atoms with Gasteiger partial charge in [0.1, 0.15) is 34.5 Å². The summed E-state index contributed by atoms with van der Waals surface area (Å²) in [6.07, 6.45) is 4.34. The monoisotopic (exact) mass is 528 g/mol. The molecule has 4 aromatic heterocycles. The molecule has 1 fully saturated rings. The van der Waals surface area contributed by atoms with E-state index in [0.29, 0.717) is 52.5 Å². The molecule has 1 aliphatic rings. The van der Waals surface area contributed by atoms with Crippen molar-refractivity contribution in [3.05, 3.63) is 76.5 Å². The summed E-state index contributed by atoms with van der Waals surface area (Å²) in [4.78, 5) is 22.6. The molecule has 198 valence electrons. The van der Waals surface area contributed by atoms with Crippen LogP contribution in [0.25, 0.3) is 28.5 Å². The first-order chi connectivity index (χ1) is 19.1. The Labute approximate surface area is 221 Å². The number of hydrogen-bond acceptors (Lipinski definition) is 11. The Bertz CT molecular complexity index is 1670. The van der Waals surface area contributed by atoms with Crippen LogP contribution in [0.1, 0.15) is 30.3 Å². The molecule has 1 aromatic carbocycles. The Balaban J connectivity index is 1.39. The van der Waals surface area contributed by atoms with E-state index in [2.05, 4.69) is 25.3 Å². The van der Waals surface area contributed by atoms with Crippen LogP contribution < -0.4 is 15.0 Å². The molecular formula is C27H24N6O6. The van der Waals surface area contributed by atoms with Gasteiger partial charge in [-0.2, -0.15) is 4.98 Å². The van der Waals surface area contributed by atoms with Gasteiger partial charge >= 0.3 is 0 Å². The maximum Gasteiger partial charge on any atom is 0.275 e. The molecule has 0 spiro atoms. The largest absolute Gasteiger partial charge is 0.494 e. The number of benzene rings is 1. The second-order valence-corrected chi connectivity index (χ2v) is 9.10. The highest BCUT2D eigenvalue weighted by molar-refractivity contribution is 5.63. The van der Waals surface area contributed by atoms with Gasteiger partial charge in [-0.3, -0.25) is 14.3 Å². The van der Waals surface area contributed by atoms with E-state index in [9.17, 15) is 9.90 Å². The summed E-state index contributed by atoms with van der Waals surface area (Å²) in [6, 6.07) is 12.4. The Hall–Kier alpha value is -5.00. The minimum atomic E-state index is -0.590. The highest BCUT2D eigenvalue weighted by atomic mass is 16.5. The summed E-state index contributed by atoms with van der Waals surface area (Å²) in [5.41, 5.74) is 0.780. The van der Waals surface area contributed by atoms with Crippen LogP contribution in [0, 0.1) is 5.92 Å². The summed E-state index contributed by atoms with van der Waals surface area (Å²) in [5, 5.41) is 23.0. The fourth-order valence-electron chi connectivity index (χ4n) is 4.35. The van der Waals surface area contributed by atoms with Crippen molar-refractivity contribution in [2.24, 2.45) is 5.92 Å². The van der Waals surface area contributed by atoms with Crippen LogP contribution in [0.15, 0.2) is 62.4 Å². The molecule has 0 radical (unpaired) electrons. The van der Waals surface area contributed by atoms with Gasteiger partial charge in [0.15, 0.2) is 5.56 Å². The van der Waals surface area contributed by atoms with Crippen molar-refractivity contribution >= 4 is 0 Å². The van der Waals surface area contributed by atoms with E-state index in [1.807, 2.05) is 18.2 Å². The van der Waals surface area contributed by atoms with Gasteiger partial charge in [-0.05, 0) is 43.0 Å². The summed E-state index contributed by atoms with van der Waals surface area (Å²) < 4.78 is 23.7. The lowest BCUT2D eigenvalue weighted by molar-refractivity contribution is 0.379. The van der Waals surface area contributed by atoms with Crippen molar-refractivity contribution in [2.75, 3.05) is 14.2 Å². The van der Waals surface area contributed by atoms with Gasteiger partial charge < -0.3 is 23.5 Å². The quantitative estimate of drug-likeness (QED) is 0.299. The molecule has 1 aliphatic carbocycles. The molecular weight excluding hydrogens is 504 g/mol. The van der Waals surface area contributed by atoms with E-state index < -0.39 is 11.4 Å². The normalized spacial score (nSPS) is 13.0. The zero-order valence-corrected chi connectivity index (χ0v) is 21.2. The number of methoxy groups -OCH3 is 2. The van der Waals surface area contributed by atoms with E-state index in [-0.39, 0.29) is 23.8 Å². The molecule has 12 heteroatoms. The van der Waals surface area contributed by atoms with Crippen molar-refractivity contribution in [3.63, 3.8) is 0 Å². The maximum atomic E-state index is 14.0. The highest BCUT2D eigenvalue weighted by Crippen LogP contribution is 2.37. The van der Waals surface area contributed by atoms with Crippen LogP contribution in [-0.2, 0) is 12.8 Å². The van der Waals surface area contributed by atoms with E-state index >= 15 is 0 Å². The number of hydrogen-bond donors (Lipinski definition) is 1. The zero-order valence-electron chi connectivity index (χ0n) is 21.2. The van der Waals surface area contributed by atoms with Gasteiger partial charge in [0, 0.05) is 18.7 Å². The van der Waals surface area contributed by atoms with Gasteiger partial charge in [-0.15, -0.1) is 10.2 Å². The molecule has 5 aromatic rings. The lowest BCUT2D eigenvalue weighted by atomic mass is 10.2. The van der Waals surface area contributed by atoms with Crippen molar-refractivity contribution in [1.82, 2.24) is 29.9 Å². The van der Waals surface area contributed by atoms with Crippen LogP contribution >= 0.6 is 0 Å². The second kappa shape index (κ2) is 10.0. The van der Waals surface area contributed by atoms with Crippen LogP contribution in [0.3, 0.4) is 0 Å². The fourth-order valence-corrected chi connectivity index (χ4v) is 4.35. The Kier molecular flexibility index (Phi) is 6.27. The topological polar surface area (TPSA) is 151 Å². The van der Waals surface area contributed by atoms with Gasteiger partial charge in [-0.25, -0.2) is 0 Å². The molecule has 0 unspecified atom stereocenters. The third kappa shape index (κ3) is 4.72. The number of rotatable bonds is 9. The van der Waals surface area contributed by atoms with E-state index in [4.69, 9.17) is 18.4 Å². The number of pyridine rings is 1. The molecule has 0 saturated heterocycles. The fraction of sp³-hybridized carbons (Fsp3) is 0.259. The first kappa shape index (κ1) is 24.3. The predicted octanol–water partition coefficient (Wildman–Crippen LogP) is 3.60. The summed E-state index contributed by atoms with van der Waals surface area (Å²) in [7, 11) is 3.01. The lowest BCUT2D eigenvalue weighted by Gasteiger charge is -2.18. The minimum absolute atomic E-state index is 0.120. The average molecular weight is 529 g/mol. The second-order valence-electron chi connectivity index (χ2n) is 9.10. The molecule has 1 N–H and O–H groups in total. The van der Waals surface area contributed by atoms with Crippen LogP contribution in [0.4, 0.5) is 0 Å². The number of para-hydroxylation sites is 1. The average Bonchev–Trinajstić information content (AvgIpc) is 3.45. The molecule has 0 amide bonds. The molecule has 4 heterocycles. The van der Waals surface area contributed by atoms with E-state index in [1.165, 1.54) is 18.8 Å². The van der Waals surface area contributed by atoms with E-state index in [1.54, 1.807) is 30.5 Å². The Morgan fingerprint density at radius 3 is 2.54 bits per heavy atom. The van der Waals surface area contributed by atoms with Crippen LogP contribution in [0.2, 0.25) is 0 Å². The summed E-state index contributed by atoms with van der Waals surface area (Å²) in [6.45, 7) is 0. The predicted molar refractivity (Wildman–Crippen MR) is 137 cm³/mol. The third-order valence-electron chi connectivity index (χ3n) is 6.42. The molecule has 39 heavy (non-hydrogen) atoms. The first-order valence-corrected chi connectivity index (χ1v) is 12.3. The maximum absolute atomic E-state index is 14.0. The Morgan fingerprint density at radius 2 is 1.85 bits per heavy atom. The molecule has 0 bridgehead atoms. The number of ether oxygens (including phenoxy) is 2. The van der Waals surface area contributed by atoms with Gasteiger partial charge in [0.25, 0.3) is 11.4 Å². The Morgan fingerprint density at radius 1 is 1.05 bits per heavy atom. The molecule has 1 saturated carbocycles. The van der Waals surface area contributed by atoms with E-state index in [0.717, 1.165) is 12.8 Å². The first-order valence-electron chi connectivity index (χ1n) is 12.3. The van der Waals surface area contributed by atoms with Crippen molar-refractivity contribution in [3.8, 4) is 45.9 Å². The molecule has 12 nitrogen and oxygen atoms in total. The van der Waals surface area contributed by atoms with Crippen molar-refractivity contribution in [2.45, 2.75) is 25.7 Å². The smallest absolute Gasteiger partial charge is 0.275 e. The van der Waals surface area contributed by atoms with Crippen molar-refractivity contribution in [1.29, 1.82) is 0 Å². The van der Waals surface area contributed by atoms with Crippen LogP contribution in [-0.4, -0.2) is 49.2 Å². The van der Waals surface area contributed by atoms with Gasteiger partial charge in [-0.1, -0.05) is 17.3 Å². The van der Waals surface area contributed by atoms with Gasteiger partial charge in [0.2, 0.25) is 11.8 Å². The minimum Gasteiger partial charge on any atom is -0.494 e. The van der Waals surface area contributed by atoms with Gasteiger partial charge in [0.05, 0.1) is 26.3 Å². The molecule has 0 aliphatic heterocycles. The highest BCUT2D eigenvalue weighted by Gasteiger charge is 2.30. The number of aromatic hydroxyl groups is 1. The SMILES string of the molecule is COc1cccc(OC)c1-n1c(CC2CC2)nc(O)c(-c2nnc(Cc3cc(-c4ccccn4)no3)o2)c1=O. The zero-order chi connectivity index (χ0) is 26.9. The lowest BCUT2D eigenvalue weighted by Crippen LogP contribution is -2.26. The van der Waals surface area contributed by atoms with Crippen LogP contribution in [0.5, 0.6) is 17.4 Å². The molecule has 6 rings (SSSR count). The van der Waals surface area contributed by atoms with Crippen molar-refractivity contribution < 1.29 is 23.5 Å². The third-order valence-corrected chi connectivity index (χ3v) is 6.42. The standard InChI is InChI=1S/C27H24N6O6/c1-36-19-7-5-8-20(37-2)24(19)33-21(12-15-9-10-15)29-25(34)23(27(33)35)26-31-30-22(38-26)14-16-13-18(32-39-16)17-6-3-4-11-28-17/h3-8,11,13,15,34H,9-10,12,14H2,1-2H3. The molecule has 0 atom stereocenters. The number of nitrogens with zero attached hydrogens (tertiary/aromatic N) is 6. The summed E-state index contributed by atoms with van der Waals surface area (Å²) in [5.74, 6) is 1.54.